The van der Waals surface area contributed by atoms with E-state index < -0.39 is 0 Å². The van der Waals surface area contributed by atoms with Crippen molar-refractivity contribution in [3.8, 4) is 0 Å². The Hall–Kier alpha value is -3.47. The fraction of sp³-hybridized carbons (Fsp3) is 0.240. The molecule has 1 saturated carbocycles. The summed E-state index contributed by atoms with van der Waals surface area (Å²) >= 11 is 0. The number of rotatable bonds is 8. The summed E-state index contributed by atoms with van der Waals surface area (Å²) in [6, 6.07) is 21.5. The number of benzene rings is 2. The lowest BCUT2D eigenvalue weighted by Gasteiger charge is -2.23. The van der Waals surface area contributed by atoms with Crippen LogP contribution in [-0.4, -0.2) is 16.8 Å². The van der Waals surface area contributed by atoms with E-state index in [0.29, 0.717) is 19.5 Å². The molecule has 0 aliphatic heterocycles. The number of carbonyl (C=O) groups excluding carboxylic acids is 2. The third-order valence-electron chi connectivity index (χ3n) is 5.20. The van der Waals surface area contributed by atoms with Gasteiger partial charge in [-0.3, -0.25) is 14.6 Å². The Balaban J connectivity index is 1.39. The summed E-state index contributed by atoms with van der Waals surface area (Å²) in [4.78, 5) is 31.0. The van der Waals surface area contributed by atoms with E-state index >= 15 is 0 Å². The Kier molecular flexibility index (Phi) is 6.18. The van der Waals surface area contributed by atoms with Gasteiger partial charge >= 0.3 is 0 Å². The maximum atomic E-state index is 12.8. The smallest absolute Gasteiger partial charge is 0.230 e. The fourth-order valence-electron chi connectivity index (χ4n) is 3.36. The number of hydrogen-bond donors (Lipinski definition) is 1. The third kappa shape index (κ3) is 5.32. The Bertz CT molecular complexity index is 984. The van der Waals surface area contributed by atoms with Crippen LogP contribution in [0.1, 0.15) is 29.5 Å². The maximum Gasteiger partial charge on any atom is 0.230 e. The van der Waals surface area contributed by atoms with E-state index in [1.54, 1.807) is 12.4 Å². The molecule has 0 radical (unpaired) electrons. The topological polar surface area (TPSA) is 62.3 Å². The lowest BCUT2D eigenvalue weighted by molar-refractivity contribution is -0.121. The number of hydrogen-bond acceptors (Lipinski definition) is 3. The zero-order chi connectivity index (χ0) is 20.8. The first-order valence-electron chi connectivity index (χ1n) is 10.3. The maximum absolute atomic E-state index is 12.8. The molecular weight excluding hydrogens is 374 g/mol. The van der Waals surface area contributed by atoms with Gasteiger partial charge in [0.05, 0.1) is 13.0 Å². The summed E-state index contributed by atoms with van der Waals surface area (Å²) in [7, 11) is 0. The largest absolute Gasteiger partial charge is 0.352 e. The molecule has 152 valence electrons. The van der Waals surface area contributed by atoms with Gasteiger partial charge in [-0.2, -0.15) is 0 Å². The predicted molar refractivity (Wildman–Crippen MR) is 117 cm³/mol. The molecule has 0 unspecified atom stereocenters. The van der Waals surface area contributed by atoms with E-state index in [1.165, 1.54) is 0 Å². The van der Waals surface area contributed by atoms with Crippen LogP contribution >= 0.6 is 0 Å². The molecule has 0 saturated heterocycles. The van der Waals surface area contributed by atoms with Crippen LogP contribution in [0.4, 0.5) is 5.69 Å². The zero-order valence-electron chi connectivity index (χ0n) is 16.8. The van der Waals surface area contributed by atoms with Crippen LogP contribution in [0.2, 0.25) is 0 Å². The Morgan fingerprint density at radius 2 is 1.63 bits per heavy atom. The molecule has 1 aliphatic rings. The van der Waals surface area contributed by atoms with Gasteiger partial charge in [-0.15, -0.1) is 0 Å². The number of anilines is 1. The number of nitrogens with zero attached hydrogens (tertiary/aromatic N) is 2. The number of aromatic nitrogens is 1. The second kappa shape index (κ2) is 9.35. The van der Waals surface area contributed by atoms with E-state index in [-0.39, 0.29) is 17.7 Å². The molecule has 0 spiro atoms. The van der Waals surface area contributed by atoms with Crippen molar-refractivity contribution in [2.45, 2.75) is 32.4 Å². The molecule has 5 heteroatoms. The van der Waals surface area contributed by atoms with Crippen LogP contribution in [0, 0.1) is 5.92 Å². The van der Waals surface area contributed by atoms with Crippen LogP contribution in [0.25, 0.3) is 0 Å². The molecule has 0 bridgehead atoms. The highest BCUT2D eigenvalue weighted by Gasteiger charge is 2.34. The highest BCUT2D eigenvalue weighted by atomic mass is 16.2. The molecule has 2 amide bonds. The van der Waals surface area contributed by atoms with E-state index in [4.69, 9.17) is 0 Å². The summed E-state index contributed by atoms with van der Waals surface area (Å²) in [5.41, 5.74) is 3.86. The van der Waals surface area contributed by atoms with Gasteiger partial charge in [0, 0.05) is 30.5 Å². The van der Waals surface area contributed by atoms with Gasteiger partial charge in [0.2, 0.25) is 11.8 Å². The van der Waals surface area contributed by atoms with E-state index in [1.807, 2.05) is 71.6 Å². The molecule has 5 nitrogen and oxygen atoms in total. The van der Waals surface area contributed by atoms with Crippen LogP contribution in [0.3, 0.4) is 0 Å². The Morgan fingerprint density at radius 3 is 2.30 bits per heavy atom. The summed E-state index contributed by atoms with van der Waals surface area (Å²) in [5.74, 6) is 0.286. The first-order valence-corrected chi connectivity index (χ1v) is 10.3. The van der Waals surface area contributed by atoms with Crippen molar-refractivity contribution in [2.24, 2.45) is 5.92 Å². The quantitative estimate of drug-likeness (QED) is 0.625. The van der Waals surface area contributed by atoms with E-state index in [9.17, 15) is 9.59 Å². The molecule has 0 atom stereocenters. The Labute approximate surface area is 176 Å². The van der Waals surface area contributed by atoms with E-state index in [2.05, 4.69) is 10.3 Å². The predicted octanol–water partition coefficient (Wildman–Crippen LogP) is 3.88. The summed E-state index contributed by atoms with van der Waals surface area (Å²) in [6.45, 7) is 1.02. The second-order valence-corrected chi connectivity index (χ2v) is 7.67. The van der Waals surface area contributed by atoms with Gasteiger partial charge in [0.15, 0.2) is 0 Å². The normalized spacial score (nSPS) is 12.9. The molecule has 1 aromatic heterocycles. The first kappa shape index (κ1) is 19.8. The van der Waals surface area contributed by atoms with Gasteiger partial charge in [-0.1, -0.05) is 48.5 Å². The van der Waals surface area contributed by atoms with E-state index in [0.717, 1.165) is 35.2 Å². The monoisotopic (exact) mass is 399 g/mol. The van der Waals surface area contributed by atoms with Crippen molar-refractivity contribution in [1.29, 1.82) is 0 Å². The van der Waals surface area contributed by atoms with Gasteiger partial charge in [0.1, 0.15) is 0 Å². The lowest BCUT2D eigenvalue weighted by Crippen LogP contribution is -2.31. The minimum absolute atomic E-state index is 0.0400. The average molecular weight is 399 g/mol. The summed E-state index contributed by atoms with van der Waals surface area (Å²) in [5, 5.41) is 2.92. The Morgan fingerprint density at radius 1 is 0.900 bits per heavy atom. The zero-order valence-corrected chi connectivity index (χ0v) is 16.8. The van der Waals surface area contributed by atoms with Crippen molar-refractivity contribution in [2.75, 3.05) is 4.90 Å². The van der Waals surface area contributed by atoms with Crippen molar-refractivity contribution in [1.82, 2.24) is 10.3 Å². The number of pyridine rings is 1. The fourth-order valence-corrected chi connectivity index (χ4v) is 3.36. The molecule has 3 aromatic rings. The second-order valence-electron chi connectivity index (χ2n) is 7.67. The molecule has 1 aliphatic carbocycles. The standard InChI is InChI=1S/C25H25N3O2/c29-24(27-17-21-7-4-14-26-16-21)15-19-8-12-23(13-9-19)28(25(30)22-10-11-22)18-20-5-2-1-3-6-20/h1-9,12-14,16,22H,10-11,15,17-18H2,(H,27,29). The molecule has 2 aromatic carbocycles. The van der Waals surface area contributed by atoms with Crippen molar-refractivity contribution < 1.29 is 9.59 Å². The SMILES string of the molecule is O=C(Cc1ccc(N(Cc2ccccc2)C(=O)C2CC2)cc1)NCc1cccnc1. The van der Waals surface area contributed by atoms with Crippen LogP contribution in [0.5, 0.6) is 0 Å². The van der Waals surface area contributed by atoms with Crippen molar-refractivity contribution in [3.05, 3.63) is 95.8 Å². The molecule has 1 N–H and O–H groups in total. The van der Waals surface area contributed by atoms with Gasteiger partial charge in [-0.05, 0) is 47.7 Å². The van der Waals surface area contributed by atoms with Crippen molar-refractivity contribution in [3.63, 3.8) is 0 Å². The minimum Gasteiger partial charge on any atom is -0.352 e. The van der Waals surface area contributed by atoms with Crippen molar-refractivity contribution >= 4 is 17.5 Å². The van der Waals surface area contributed by atoms with Crippen LogP contribution in [0.15, 0.2) is 79.1 Å². The summed E-state index contributed by atoms with van der Waals surface area (Å²) < 4.78 is 0. The molecule has 1 heterocycles. The van der Waals surface area contributed by atoms with Gasteiger partial charge in [-0.25, -0.2) is 0 Å². The number of amides is 2. The highest BCUT2D eigenvalue weighted by Crippen LogP contribution is 2.33. The summed E-state index contributed by atoms with van der Waals surface area (Å²) in [6.07, 6.45) is 5.70. The first-order chi connectivity index (χ1) is 14.7. The molecule has 30 heavy (non-hydrogen) atoms. The van der Waals surface area contributed by atoms with Gasteiger partial charge < -0.3 is 10.2 Å². The number of carbonyl (C=O) groups is 2. The molecule has 1 fully saturated rings. The average Bonchev–Trinajstić information content (AvgIpc) is 3.63. The highest BCUT2D eigenvalue weighted by molar-refractivity contribution is 5.96. The number of nitrogens with one attached hydrogen (secondary N) is 1. The third-order valence-corrected chi connectivity index (χ3v) is 5.20. The molecular formula is C25H25N3O2. The lowest BCUT2D eigenvalue weighted by atomic mass is 10.1. The van der Waals surface area contributed by atoms with Crippen LogP contribution < -0.4 is 10.2 Å². The minimum atomic E-state index is -0.0400. The molecule has 4 rings (SSSR count). The van der Waals surface area contributed by atoms with Crippen LogP contribution in [-0.2, 0) is 29.1 Å². The van der Waals surface area contributed by atoms with Gasteiger partial charge in [0.25, 0.3) is 0 Å².